The van der Waals surface area contributed by atoms with Crippen molar-refractivity contribution in [2.75, 3.05) is 18.1 Å². The molecule has 0 saturated carbocycles. The standard InChI is InChI=1S/C14H18INO3S/c1-2-8-16(11-7-9-20(18,19)10-11)14(17)12-5-3-4-6-13(12)15/h3-6,11H,2,7-10H2,1H3/t11-/m1/s1. The van der Waals surface area contributed by atoms with Crippen LogP contribution in [0.2, 0.25) is 0 Å². The Kier molecular flexibility index (Phi) is 5.06. The molecule has 1 fully saturated rings. The normalized spacial score (nSPS) is 20.8. The number of hydrogen-bond acceptors (Lipinski definition) is 3. The highest BCUT2D eigenvalue weighted by atomic mass is 127. The molecule has 1 saturated heterocycles. The molecule has 2 rings (SSSR count). The van der Waals surface area contributed by atoms with Crippen molar-refractivity contribution in [3.63, 3.8) is 0 Å². The van der Waals surface area contributed by atoms with Crippen LogP contribution in [0.15, 0.2) is 24.3 Å². The summed E-state index contributed by atoms with van der Waals surface area (Å²) in [5.74, 6) is 0.234. The van der Waals surface area contributed by atoms with Crippen molar-refractivity contribution in [2.45, 2.75) is 25.8 Å². The predicted octanol–water partition coefficient (Wildman–Crippen LogP) is 2.33. The number of rotatable bonds is 4. The zero-order chi connectivity index (χ0) is 14.8. The van der Waals surface area contributed by atoms with Crippen LogP contribution in [0, 0.1) is 3.57 Å². The summed E-state index contributed by atoms with van der Waals surface area (Å²) in [6.07, 6.45) is 1.38. The zero-order valence-corrected chi connectivity index (χ0v) is 14.4. The van der Waals surface area contributed by atoms with Gasteiger partial charge in [-0.15, -0.1) is 0 Å². The minimum atomic E-state index is -2.98. The highest BCUT2D eigenvalue weighted by molar-refractivity contribution is 14.1. The number of halogens is 1. The lowest BCUT2D eigenvalue weighted by atomic mass is 10.1. The van der Waals surface area contributed by atoms with Crippen molar-refractivity contribution in [2.24, 2.45) is 0 Å². The first-order valence-corrected chi connectivity index (χ1v) is 9.60. The summed E-state index contributed by atoms with van der Waals surface area (Å²) in [7, 11) is -2.98. The first-order valence-electron chi connectivity index (χ1n) is 6.70. The Morgan fingerprint density at radius 3 is 2.65 bits per heavy atom. The first-order chi connectivity index (χ1) is 9.44. The second kappa shape index (κ2) is 6.43. The van der Waals surface area contributed by atoms with Crippen molar-refractivity contribution < 1.29 is 13.2 Å². The summed E-state index contributed by atoms with van der Waals surface area (Å²) >= 11 is 2.14. The van der Waals surface area contributed by atoms with Crippen LogP contribution in [0.5, 0.6) is 0 Å². The van der Waals surface area contributed by atoms with E-state index in [0.29, 0.717) is 18.5 Å². The molecule has 0 aromatic heterocycles. The average Bonchev–Trinajstić information content (AvgIpc) is 2.76. The van der Waals surface area contributed by atoms with Crippen LogP contribution in [0.1, 0.15) is 30.1 Å². The number of benzene rings is 1. The summed E-state index contributed by atoms with van der Waals surface area (Å²) in [4.78, 5) is 14.4. The van der Waals surface area contributed by atoms with E-state index < -0.39 is 9.84 Å². The van der Waals surface area contributed by atoms with Gasteiger partial charge in [0.2, 0.25) is 0 Å². The number of carbonyl (C=O) groups is 1. The van der Waals surface area contributed by atoms with Crippen molar-refractivity contribution in [1.82, 2.24) is 4.90 Å². The maximum atomic E-state index is 12.7. The van der Waals surface area contributed by atoms with Gasteiger partial charge in [-0.2, -0.15) is 0 Å². The number of amides is 1. The van der Waals surface area contributed by atoms with Crippen LogP contribution in [-0.4, -0.2) is 43.3 Å². The van der Waals surface area contributed by atoms with Crippen LogP contribution in [0.4, 0.5) is 0 Å². The topological polar surface area (TPSA) is 54.5 Å². The van der Waals surface area contributed by atoms with Gasteiger partial charge < -0.3 is 4.90 Å². The molecule has 1 aromatic carbocycles. The maximum absolute atomic E-state index is 12.7. The summed E-state index contributed by atoms with van der Waals surface area (Å²) in [6, 6.07) is 7.25. The Hall–Kier alpha value is -0.630. The molecule has 0 radical (unpaired) electrons. The van der Waals surface area contributed by atoms with E-state index in [1.165, 1.54) is 0 Å². The van der Waals surface area contributed by atoms with E-state index >= 15 is 0 Å². The SMILES string of the molecule is CCCN(C(=O)c1ccccc1I)[C@@H]1CCS(=O)(=O)C1. The second-order valence-electron chi connectivity index (χ2n) is 5.04. The van der Waals surface area contributed by atoms with Crippen LogP contribution in [0.25, 0.3) is 0 Å². The summed E-state index contributed by atoms with van der Waals surface area (Å²) in [5, 5.41) is 0. The minimum absolute atomic E-state index is 0.0565. The molecule has 1 amide bonds. The fourth-order valence-electron chi connectivity index (χ4n) is 2.50. The smallest absolute Gasteiger partial charge is 0.255 e. The van der Waals surface area contributed by atoms with Crippen molar-refractivity contribution >= 4 is 38.3 Å². The molecule has 0 N–H and O–H groups in total. The summed E-state index contributed by atoms with van der Waals surface area (Å²) in [5.41, 5.74) is 0.658. The predicted molar refractivity (Wildman–Crippen MR) is 87.5 cm³/mol. The Labute approximate surface area is 133 Å². The van der Waals surface area contributed by atoms with Crippen LogP contribution >= 0.6 is 22.6 Å². The molecule has 1 atom stereocenters. The molecular formula is C14H18INO3S. The van der Waals surface area contributed by atoms with Gasteiger partial charge in [0.05, 0.1) is 17.1 Å². The summed E-state index contributed by atoms with van der Waals surface area (Å²) in [6.45, 7) is 2.60. The van der Waals surface area contributed by atoms with E-state index in [1.54, 1.807) is 11.0 Å². The molecule has 1 aromatic rings. The molecular weight excluding hydrogens is 389 g/mol. The van der Waals surface area contributed by atoms with E-state index in [9.17, 15) is 13.2 Å². The van der Waals surface area contributed by atoms with Gasteiger partial charge in [0.15, 0.2) is 9.84 Å². The number of sulfone groups is 1. The number of carbonyl (C=O) groups excluding carboxylic acids is 1. The van der Waals surface area contributed by atoms with E-state index in [2.05, 4.69) is 22.6 Å². The molecule has 0 bridgehead atoms. The third-order valence-electron chi connectivity index (χ3n) is 3.48. The zero-order valence-electron chi connectivity index (χ0n) is 11.4. The number of nitrogens with zero attached hydrogens (tertiary/aromatic N) is 1. The van der Waals surface area contributed by atoms with Crippen molar-refractivity contribution in [1.29, 1.82) is 0 Å². The van der Waals surface area contributed by atoms with Gasteiger partial charge in [0.1, 0.15) is 0 Å². The third kappa shape index (κ3) is 3.52. The molecule has 0 spiro atoms. The quantitative estimate of drug-likeness (QED) is 0.721. The van der Waals surface area contributed by atoms with Gasteiger partial charge in [-0.05, 0) is 47.6 Å². The van der Waals surface area contributed by atoms with Crippen LogP contribution < -0.4 is 0 Å². The Balaban J connectivity index is 2.25. The fraction of sp³-hybridized carbons (Fsp3) is 0.500. The maximum Gasteiger partial charge on any atom is 0.255 e. The Morgan fingerprint density at radius 2 is 2.10 bits per heavy atom. The molecule has 0 aliphatic carbocycles. The van der Waals surface area contributed by atoms with Crippen molar-refractivity contribution in [3.8, 4) is 0 Å². The lowest BCUT2D eigenvalue weighted by Gasteiger charge is -2.28. The highest BCUT2D eigenvalue weighted by Gasteiger charge is 2.34. The Bertz CT molecular complexity index is 600. The molecule has 0 unspecified atom stereocenters. The summed E-state index contributed by atoms with van der Waals surface area (Å²) < 4.78 is 24.2. The van der Waals surface area contributed by atoms with E-state index in [-0.39, 0.29) is 23.5 Å². The highest BCUT2D eigenvalue weighted by Crippen LogP contribution is 2.22. The largest absolute Gasteiger partial charge is 0.335 e. The molecule has 20 heavy (non-hydrogen) atoms. The number of hydrogen-bond donors (Lipinski definition) is 0. The van der Waals surface area contributed by atoms with E-state index in [4.69, 9.17) is 0 Å². The molecule has 6 heteroatoms. The van der Waals surface area contributed by atoms with Gasteiger partial charge >= 0.3 is 0 Å². The fourth-order valence-corrected chi connectivity index (χ4v) is 4.85. The monoisotopic (exact) mass is 407 g/mol. The van der Waals surface area contributed by atoms with Gasteiger partial charge in [0.25, 0.3) is 5.91 Å². The van der Waals surface area contributed by atoms with Gasteiger partial charge in [-0.1, -0.05) is 19.1 Å². The third-order valence-corrected chi connectivity index (χ3v) is 6.17. The van der Waals surface area contributed by atoms with Crippen LogP contribution in [0.3, 0.4) is 0 Å². The first kappa shape index (κ1) is 15.8. The van der Waals surface area contributed by atoms with Gasteiger partial charge in [-0.25, -0.2) is 8.42 Å². The lowest BCUT2D eigenvalue weighted by molar-refractivity contribution is 0.0696. The van der Waals surface area contributed by atoms with Crippen LogP contribution in [-0.2, 0) is 9.84 Å². The van der Waals surface area contributed by atoms with Crippen molar-refractivity contribution in [3.05, 3.63) is 33.4 Å². The average molecular weight is 407 g/mol. The lowest BCUT2D eigenvalue weighted by Crippen LogP contribution is -2.41. The molecule has 1 aliphatic heterocycles. The second-order valence-corrected chi connectivity index (χ2v) is 8.43. The molecule has 110 valence electrons. The molecule has 4 nitrogen and oxygen atoms in total. The Morgan fingerprint density at radius 1 is 1.40 bits per heavy atom. The van der Waals surface area contributed by atoms with E-state index in [0.717, 1.165) is 9.99 Å². The van der Waals surface area contributed by atoms with Gasteiger partial charge in [-0.3, -0.25) is 4.79 Å². The minimum Gasteiger partial charge on any atom is -0.335 e. The van der Waals surface area contributed by atoms with E-state index in [1.807, 2.05) is 25.1 Å². The molecule has 1 heterocycles. The molecule has 1 aliphatic rings. The van der Waals surface area contributed by atoms with Gasteiger partial charge in [0, 0.05) is 16.2 Å².